The van der Waals surface area contributed by atoms with Gasteiger partial charge in [0.05, 0.1) is 16.6 Å². The Labute approximate surface area is 334 Å². The number of benzene rings is 9. The fourth-order valence-corrected chi connectivity index (χ4v) is 8.81. The van der Waals surface area contributed by atoms with Crippen LogP contribution in [0.3, 0.4) is 0 Å². The van der Waals surface area contributed by atoms with Crippen molar-refractivity contribution >= 4 is 82.7 Å². The first-order valence-electron chi connectivity index (χ1n) is 19.7. The van der Waals surface area contributed by atoms with Crippen LogP contribution in [0.5, 0.6) is 0 Å². The second-order valence-electron chi connectivity index (χ2n) is 14.9. The zero-order valence-corrected chi connectivity index (χ0v) is 31.3. The van der Waals surface area contributed by atoms with E-state index in [0.29, 0.717) is 0 Å². The molecule has 4 nitrogen and oxygen atoms in total. The number of furan rings is 2. The molecule has 0 amide bonds. The van der Waals surface area contributed by atoms with Gasteiger partial charge in [0.2, 0.25) is 5.71 Å². The van der Waals surface area contributed by atoms with Gasteiger partial charge in [0, 0.05) is 38.6 Å². The molecule has 0 spiro atoms. The predicted molar refractivity (Wildman–Crippen MR) is 241 cm³/mol. The maximum Gasteiger partial charge on any atom is 0.213 e. The third-order valence-corrected chi connectivity index (χ3v) is 11.6. The summed E-state index contributed by atoms with van der Waals surface area (Å²) in [5, 5.41) is 8.11. The largest absolute Gasteiger partial charge is 0.454 e. The Bertz CT molecular complexity index is 3500. The molecule has 0 aliphatic carbocycles. The van der Waals surface area contributed by atoms with Gasteiger partial charge in [-0.2, -0.15) is 0 Å². The Morgan fingerprint density at radius 3 is 1.72 bits per heavy atom. The summed E-state index contributed by atoms with van der Waals surface area (Å²) in [6.07, 6.45) is 0. The molecule has 0 saturated heterocycles. The Morgan fingerprint density at radius 2 is 0.966 bits per heavy atom. The van der Waals surface area contributed by atoms with Gasteiger partial charge in [-0.3, -0.25) is 4.57 Å². The number of nitrogens with zero attached hydrogens (tertiary/aromatic N) is 2. The van der Waals surface area contributed by atoms with Crippen LogP contribution in [0.4, 0.5) is 17.1 Å². The summed E-state index contributed by atoms with van der Waals surface area (Å²) in [4.78, 5) is 2.31. The molecular formula is C54H34N2O2. The smallest absolute Gasteiger partial charge is 0.213 e. The minimum Gasteiger partial charge on any atom is -0.454 e. The Morgan fingerprint density at radius 1 is 0.379 bits per heavy atom. The van der Waals surface area contributed by atoms with E-state index in [2.05, 4.69) is 191 Å². The van der Waals surface area contributed by atoms with E-state index in [4.69, 9.17) is 8.83 Å². The lowest BCUT2D eigenvalue weighted by molar-refractivity contribution is 0.645. The van der Waals surface area contributed by atoms with Gasteiger partial charge in [-0.15, -0.1) is 0 Å². The van der Waals surface area contributed by atoms with Gasteiger partial charge in [-0.1, -0.05) is 140 Å². The fraction of sp³-hybridized carbons (Fsp3) is 0. The van der Waals surface area contributed by atoms with Crippen LogP contribution in [0.25, 0.3) is 93.6 Å². The molecule has 0 fully saturated rings. The second-order valence-corrected chi connectivity index (χ2v) is 14.9. The number of rotatable bonds is 6. The molecule has 0 aliphatic heterocycles. The first-order chi connectivity index (χ1) is 28.7. The van der Waals surface area contributed by atoms with Gasteiger partial charge < -0.3 is 13.7 Å². The van der Waals surface area contributed by atoms with Gasteiger partial charge >= 0.3 is 0 Å². The molecule has 3 aromatic heterocycles. The summed E-state index contributed by atoms with van der Waals surface area (Å²) in [7, 11) is 0. The molecule has 272 valence electrons. The van der Waals surface area contributed by atoms with Gasteiger partial charge in [0.1, 0.15) is 11.2 Å². The van der Waals surface area contributed by atoms with Crippen LogP contribution in [0.2, 0.25) is 0 Å². The zero-order chi connectivity index (χ0) is 38.2. The van der Waals surface area contributed by atoms with Gasteiger partial charge in [-0.25, -0.2) is 0 Å². The third-order valence-electron chi connectivity index (χ3n) is 11.6. The van der Waals surface area contributed by atoms with Gasteiger partial charge in [-0.05, 0) is 99.8 Å². The van der Waals surface area contributed by atoms with Crippen LogP contribution in [0, 0.1) is 0 Å². The van der Waals surface area contributed by atoms with E-state index in [0.717, 1.165) is 83.4 Å². The van der Waals surface area contributed by atoms with E-state index in [1.165, 1.54) is 27.3 Å². The molecule has 3 heterocycles. The maximum atomic E-state index is 6.62. The number of hydrogen-bond donors (Lipinski definition) is 0. The van der Waals surface area contributed by atoms with Crippen molar-refractivity contribution in [3.63, 3.8) is 0 Å². The van der Waals surface area contributed by atoms with E-state index in [1.54, 1.807) is 0 Å². The number of fused-ring (bicyclic) bond motifs is 9. The summed E-state index contributed by atoms with van der Waals surface area (Å²) >= 11 is 0. The Kier molecular flexibility index (Phi) is 7.20. The van der Waals surface area contributed by atoms with Crippen LogP contribution in [0.15, 0.2) is 215 Å². The van der Waals surface area contributed by atoms with Crippen molar-refractivity contribution in [2.75, 3.05) is 4.90 Å². The van der Waals surface area contributed by atoms with Crippen molar-refractivity contribution in [2.45, 2.75) is 0 Å². The number of anilines is 3. The maximum absolute atomic E-state index is 6.62. The minimum absolute atomic E-state index is 0.857. The quantitative estimate of drug-likeness (QED) is 0.170. The molecule has 0 bridgehead atoms. The molecule has 12 aromatic rings. The van der Waals surface area contributed by atoms with E-state index in [-0.39, 0.29) is 0 Å². The lowest BCUT2D eigenvalue weighted by Gasteiger charge is -2.26. The van der Waals surface area contributed by atoms with Crippen LogP contribution < -0.4 is 4.90 Å². The molecule has 58 heavy (non-hydrogen) atoms. The zero-order valence-electron chi connectivity index (χ0n) is 31.3. The highest BCUT2D eigenvalue weighted by Gasteiger charge is 2.22. The fourth-order valence-electron chi connectivity index (χ4n) is 8.81. The highest BCUT2D eigenvalue weighted by atomic mass is 16.3. The topological polar surface area (TPSA) is 34.5 Å². The van der Waals surface area contributed by atoms with E-state index in [1.807, 2.05) is 24.3 Å². The molecule has 0 N–H and O–H groups in total. The van der Waals surface area contributed by atoms with Crippen LogP contribution >= 0.6 is 0 Å². The Hall–Kier alpha value is -7.82. The first-order valence-corrected chi connectivity index (χ1v) is 19.7. The van der Waals surface area contributed by atoms with Crippen LogP contribution in [-0.4, -0.2) is 4.57 Å². The molecule has 0 unspecified atom stereocenters. The highest BCUT2D eigenvalue weighted by molar-refractivity contribution is 6.20. The summed E-state index contributed by atoms with van der Waals surface area (Å²) in [6.45, 7) is 0. The number of aromatic nitrogens is 1. The molecule has 0 saturated carbocycles. The predicted octanol–water partition coefficient (Wildman–Crippen LogP) is 15.4. The van der Waals surface area contributed by atoms with E-state index >= 15 is 0 Å². The standard InChI is InChI=1S/C54H34N2O2/c1-2-13-41(14-3-1)56-49-34-40(27-32-46(49)52-47-16-7-9-20-51(47)58-54(52)56)37-25-30-43(31-26-37)55(48-18-10-17-45-44-15-6-8-19-50(44)57-53(45)48)42-28-23-36(24-29-42)39-22-21-35-11-4-5-12-38(35)33-39/h1-34H. The summed E-state index contributed by atoms with van der Waals surface area (Å²) in [6, 6.07) is 73.2. The van der Waals surface area contributed by atoms with Crippen LogP contribution in [-0.2, 0) is 0 Å². The van der Waals surface area contributed by atoms with Crippen LogP contribution in [0.1, 0.15) is 0 Å². The lowest BCUT2D eigenvalue weighted by atomic mass is 10.0. The van der Waals surface area contributed by atoms with Crippen molar-refractivity contribution in [3.05, 3.63) is 206 Å². The van der Waals surface area contributed by atoms with Gasteiger partial charge in [0.25, 0.3) is 0 Å². The highest BCUT2D eigenvalue weighted by Crippen LogP contribution is 2.44. The third kappa shape index (κ3) is 5.09. The van der Waals surface area contributed by atoms with Crippen molar-refractivity contribution in [1.82, 2.24) is 4.57 Å². The first kappa shape index (κ1) is 32.4. The number of hydrogen-bond acceptors (Lipinski definition) is 3. The van der Waals surface area contributed by atoms with Crippen molar-refractivity contribution < 1.29 is 8.83 Å². The normalized spacial score (nSPS) is 11.8. The molecule has 12 rings (SSSR count). The second kappa shape index (κ2) is 12.9. The summed E-state index contributed by atoms with van der Waals surface area (Å²) < 4.78 is 15.4. The lowest BCUT2D eigenvalue weighted by Crippen LogP contribution is -2.10. The Balaban J connectivity index is 0.985. The monoisotopic (exact) mass is 742 g/mol. The molecular weight excluding hydrogens is 709 g/mol. The molecule has 0 radical (unpaired) electrons. The number of para-hydroxylation sites is 4. The summed E-state index contributed by atoms with van der Waals surface area (Å²) in [5.74, 6) is 0. The minimum atomic E-state index is 0.857. The molecule has 0 atom stereocenters. The van der Waals surface area contributed by atoms with Gasteiger partial charge in [0.15, 0.2) is 5.58 Å². The average Bonchev–Trinajstić information content (AvgIpc) is 3.96. The SMILES string of the molecule is c1ccc(-n2c3cc(-c4ccc(N(c5ccc(-c6ccc7ccccc7c6)cc5)c5cccc6c5oc5ccccc56)cc4)ccc3c3c4ccccc4oc32)cc1. The van der Waals surface area contributed by atoms with E-state index < -0.39 is 0 Å². The average molecular weight is 743 g/mol. The molecule has 4 heteroatoms. The van der Waals surface area contributed by atoms with Crippen molar-refractivity contribution in [1.29, 1.82) is 0 Å². The van der Waals surface area contributed by atoms with E-state index in [9.17, 15) is 0 Å². The van der Waals surface area contributed by atoms with Crippen molar-refractivity contribution in [2.24, 2.45) is 0 Å². The van der Waals surface area contributed by atoms with Crippen molar-refractivity contribution in [3.8, 4) is 27.9 Å². The molecule has 9 aromatic carbocycles. The molecule has 0 aliphatic rings. The summed E-state index contributed by atoms with van der Waals surface area (Å²) in [5.41, 5.74) is 13.3.